The minimum atomic E-state index is -1.11. The first-order valence-electron chi connectivity index (χ1n) is 17.7. The van der Waals surface area contributed by atoms with Crippen LogP contribution < -0.4 is 11.1 Å². The Hall–Kier alpha value is -6.59. The molecule has 0 unspecified atom stereocenters. The number of aliphatic hydroxyl groups excluding tert-OH is 3. The van der Waals surface area contributed by atoms with Crippen molar-refractivity contribution in [3.05, 3.63) is 152 Å². The molecule has 0 saturated carbocycles. The van der Waals surface area contributed by atoms with Crippen LogP contribution in [0, 0.1) is 13.8 Å². The summed E-state index contributed by atoms with van der Waals surface area (Å²) in [5, 5.41) is 67.8. The molecule has 308 valence electrons. The van der Waals surface area contributed by atoms with Crippen LogP contribution in [0.2, 0.25) is 0 Å². The Kier molecular flexibility index (Phi) is 18.7. The Morgan fingerprint density at radius 2 is 0.915 bits per heavy atom. The molecule has 6 aromatic rings. The predicted molar refractivity (Wildman–Crippen MR) is 214 cm³/mol. The Morgan fingerprint density at radius 1 is 0.593 bits per heavy atom. The van der Waals surface area contributed by atoms with Gasteiger partial charge in [0.25, 0.3) is 0 Å². The summed E-state index contributed by atoms with van der Waals surface area (Å²) in [6, 6.07) is 30.3. The molecule has 4 aromatic carbocycles. The zero-order valence-electron chi connectivity index (χ0n) is 32.9. The van der Waals surface area contributed by atoms with Gasteiger partial charge in [-0.25, -0.2) is 29.2 Å². The summed E-state index contributed by atoms with van der Waals surface area (Å²) in [4.78, 5) is 49.1. The molecule has 6 rings (SSSR count). The van der Waals surface area contributed by atoms with Crippen LogP contribution in [-0.2, 0) is 17.4 Å². The van der Waals surface area contributed by atoms with E-state index in [0.717, 1.165) is 0 Å². The minimum Gasteiger partial charge on any atom is -0.478 e. The molecule has 5 N–H and O–H groups in total. The van der Waals surface area contributed by atoms with Crippen molar-refractivity contribution >= 4 is 34.7 Å². The van der Waals surface area contributed by atoms with Gasteiger partial charge in [0.15, 0.2) is 0 Å². The quantitative estimate of drug-likeness (QED) is 0.0707. The largest absolute Gasteiger partial charge is 1.00 e. The van der Waals surface area contributed by atoms with E-state index in [4.69, 9.17) is 25.5 Å². The van der Waals surface area contributed by atoms with Gasteiger partial charge < -0.3 is 45.4 Å². The SMILES string of the molecule is Cc1nn(-c2ccccc2)c(=O)[c-]1N=Nc1ccccc1C(=O)O.Cc1nn(-c2ccccc2)c(=O)[c-]1N=Nc1ccccc1C(=O)O.OCCN(CCO)CCO.[Cr].[H+]. The zero-order valence-corrected chi connectivity index (χ0v) is 33.2. The Bertz CT molecular complexity index is 2280. The summed E-state index contributed by atoms with van der Waals surface area (Å²) in [5.74, 6) is -2.22. The maximum Gasteiger partial charge on any atom is 1.00 e. The Labute approximate surface area is 349 Å². The standard InChI is InChI=1S/2C17H13N4O3.C6H15NO3.Cr/c2*1-11-15(16(22)21(20-11)12-7-3-2-4-8-12)19-18-14-10-6-5-9-13(14)17(23)24;8-4-1-7(2-5-9)3-6-10;/h2*2-10H,1H3,(H,23,24);8-10H,1-6H2;/q2*-1;;/p+1. The van der Waals surface area contributed by atoms with Crippen LogP contribution in [0.15, 0.2) is 139 Å². The van der Waals surface area contributed by atoms with Gasteiger partial charge in [-0.3, -0.25) is 4.90 Å². The molecule has 0 atom stereocenters. The summed E-state index contributed by atoms with van der Waals surface area (Å²) in [5.41, 5.74) is 1.82. The van der Waals surface area contributed by atoms with Gasteiger partial charge in [0.05, 0.1) is 53.7 Å². The zero-order chi connectivity index (χ0) is 42.0. The third kappa shape index (κ3) is 13.0. The monoisotopic (exact) mass is 844 g/mol. The average Bonchev–Trinajstić information content (AvgIpc) is 3.68. The van der Waals surface area contributed by atoms with E-state index in [-0.39, 0.29) is 72.5 Å². The van der Waals surface area contributed by atoms with Gasteiger partial charge in [0, 0.05) is 37.0 Å². The van der Waals surface area contributed by atoms with Gasteiger partial charge in [-0.15, -0.1) is 11.4 Å². The summed E-state index contributed by atoms with van der Waals surface area (Å²) >= 11 is 0. The fourth-order valence-corrected chi connectivity index (χ4v) is 5.17. The van der Waals surface area contributed by atoms with E-state index in [9.17, 15) is 19.2 Å². The van der Waals surface area contributed by atoms with Gasteiger partial charge in [-0.05, 0) is 48.5 Å². The van der Waals surface area contributed by atoms with Crippen LogP contribution in [0.3, 0.4) is 0 Å². The molecule has 2 aromatic heterocycles. The summed E-state index contributed by atoms with van der Waals surface area (Å²) in [6.45, 7) is 5.06. The van der Waals surface area contributed by atoms with E-state index in [2.05, 4.69) is 30.7 Å². The number of hydrogen-bond acceptors (Lipinski definition) is 14. The Balaban J connectivity index is 0.000000330. The van der Waals surface area contributed by atoms with Gasteiger partial charge in [0.1, 0.15) is 11.1 Å². The molecule has 0 saturated heterocycles. The van der Waals surface area contributed by atoms with Crippen LogP contribution in [0.4, 0.5) is 22.7 Å². The van der Waals surface area contributed by atoms with Crippen LogP contribution in [0.5, 0.6) is 0 Å². The number of rotatable bonds is 14. The number of aromatic nitrogens is 4. The maximum atomic E-state index is 12.5. The summed E-state index contributed by atoms with van der Waals surface area (Å²) in [7, 11) is 0. The molecule has 19 heteroatoms. The van der Waals surface area contributed by atoms with E-state index in [1.165, 1.54) is 33.6 Å². The summed E-state index contributed by atoms with van der Waals surface area (Å²) < 4.78 is 2.49. The van der Waals surface area contributed by atoms with Crippen molar-refractivity contribution in [1.82, 2.24) is 24.5 Å². The van der Waals surface area contributed by atoms with E-state index in [1.807, 2.05) is 12.1 Å². The molecule has 0 aliphatic carbocycles. The van der Waals surface area contributed by atoms with E-state index in [1.54, 1.807) is 91.5 Å². The van der Waals surface area contributed by atoms with Gasteiger partial charge in [-0.2, -0.15) is 10.2 Å². The third-order valence-electron chi connectivity index (χ3n) is 8.01. The van der Waals surface area contributed by atoms with E-state index < -0.39 is 23.1 Å². The fourth-order valence-electron chi connectivity index (χ4n) is 5.17. The van der Waals surface area contributed by atoms with Crippen LogP contribution >= 0.6 is 0 Å². The molecule has 0 aliphatic rings. The molecule has 0 spiro atoms. The fraction of sp³-hybridized carbons (Fsp3) is 0.200. The molecule has 59 heavy (non-hydrogen) atoms. The molecule has 18 nitrogen and oxygen atoms in total. The van der Waals surface area contributed by atoms with Crippen LogP contribution in [-0.4, -0.2) is 101 Å². The number of carboxylic acids is 2. The van der Waals surface area contributed by atoms with Crippen molar-refractivity contribution in [2.75, 3.05) is 39.5 Å². The smallest absolute Gasteiger partial charge is 0.478 e. The number of aromatic carboxylic acids is 2. The van der Waals surface area contributed by atoms with E-state index >= 15 is 0 Å². The topological polar surface area (TPSA) is 258 Å². The number of azo groups is 2. The second-order valence-electron chi connectivity index (χ2n) is 12.0. The molecule has 0 amide bonds. The number of aliphatic hydroxyl groups is 3. The Morgan fingerprint density at radius 3 is 1.24 bits per heavy atom. The van der Waals surface area contributed by atoms with Gasteiger partial charge >= 0.3 is 13.4 Å². The second kappa shape index (κ2) is 23.6. The molecular formula is C40H42CrN9O9-. The first kappa shape index (κ1) is 46.8. The maximum absolute atomic E-state index is 12.5. The average molecular weight is 845 g/mol. The molecule has 0 fully saturated rings. The van der Waals surface area contributed by atoms with Crippen molar-refractivity contribution in [2.24, 2.45) is 20.5 Å². The molecular weight excluding hydrogens is 802 g/mol. The number of hydrogen-bond donors (Lipinski definition) is 5. The van der Waals surface area contributed by atoms with Crippen molar-refractivity contribution in [2.45, 2.75) is 13.8 Å². The number of aryl methyl sites for hydroxylation is 2. The molecule has 0 radical (unpaired) electrons. The first-order valence-corrected chi connectivity index (χ1v) is 17.7. The van der Waals surface area contributed by atoms with E-state index in [0.29, 0.717) is 42.4 Å². The number of para-hydroxylation sites is 2. The van der Waals surface area contributed by atoms with Gasteiger partial charge in [0.2, 0.25) is 0 Å². The van der Waals surface area contributed by atoms with Crippen LogP contribution in [0.1, 0.15) is 33.5 Å². The number of benzene rings is 4. The molecule has 2 heterocycles. The first-order chi connectivity index (χ1) is 28.0. The number of nitrogens with zero attached hydrogens (tertiary/aromatic N) is 9. The van der Waals surface area contributed by atoms with Gasteiger partial charge in [-0.1, -0.05) is 85.9 Å². The van der Waals surface area contributed by atoms with Crippen molar-refractivity contribution in [3.63, 3.8) is 0 Å². The molecule has 0 bridgehead atoms. The predicted octanol–water partition coefficient (Wildman–Crippen LogP) is 5.12. The van der Waals surface area contributed by atoms with Crippen LogP contribution in [0.25, 0.3) is 11.4 Å². The minimum absolute atomic E-state index is 0. The normalized spacial score (nSPS) is 10.8. The van der Waals surface area contributed by atoms with Crippen molar-refractivity contribution in [3.8, 4) is 11.4 Å². The summed E-state index contributed by atoms with van der Waals surface area (Å²) in [6.07, 6.45) is 0. The van der Waals surface area contributed by atoms with Crippen molar-refractivity contribution in [1.29, 1.82) is 0 Å². The van der Waals surface area contributed by atoms with Crippen molar-refractivity contribution < 1.29 is 53.9 Å². The third-order valence-corrected chi connectivity index (χ3v) is 8.01. The number of carboxylic acid groups (broad SMARTS) is 2. The second-order valence-corrected chi connectivity index (χ2v) is 12.0. The number of carbonyl (C=O) groups is 2. The molecule has 0 aliphatic heterocycles.